The average Bonchev–Trinajstić information content (AvgIpc) is 2.76. The molecule has 2 aromatic rings. The first kappa shape index (κ1) is 24.1. The third-order valence-corrected chi connectivity index (χ3v) is 5.25. The van der Waals surface area contributed by atoms with Crippen molar-refractivity contribution in [1.82, 2.24) is 0 Å². The van der Waals surface area contributed by atoms with Crippen molar-refractivity contribution >= 4 is 11.0 Å². The van der Waals surface area contributed by atoms with E-state index in [1.165, 1.54) is 0 Å². The number of allylic oxidation sites excluding steroid dienone is 1. The highest BCUT2D eigenvalue weighted by atomic mass is 16.7. The molecule has 1 fully saturated rings. The van der Waals surface area contributed by atoms with Crippen molar-refractivity contribution in [2.75, 3.05) is 13.2 Å². The number of phenols is 2. The molecule has 0 aliphatic carbocycles. The molecule has 32 heavy (non-hydrogen) atoms. The number of phenolic OH excluding ortho intramolecular Hbond substituents is 2. The maximum atomic E-state index is 12.2. The Kier molecular flexibility index (Phi) is 7.51. The van der Waals surface area contributed by atoms with Crippen LogP contribution in [0, 0.1) is 0 Å². The van der Waals surface area contributed by atoms with Gasteiger partial charge < -0.3 is 49.6 Å². The van der Waals surface area contributed by atoms with Crippen LogP contribution in [-0.2, 0) is 22.5 Å². The summed E-state index contributed by atoms with van der Waals surface area (Å²) in [7, 11) is 0. The van der Waals surface area contributed by atoms with E-state index in [9.17, 15) is 40.5 Å². The molecule has 11 nitrogen and oxygen atoms in total. The van der Waals surface area contributed by atoms with Gasteiger partial charge in [-0.3, -0.25) is 4.79 Å². The largest absolute Gasteiger partial charge is 0.507 e. The molecule has 0 radical (unpaired) electrons. The molecule has 0 spiro atoms. The Morgan fingerprint density at radius 1 is 1.09 bits per heavy atom. The van der Waals surface area contributed by atoms with Crippen LogP contribution in [0.5, 0.6) is 11.5 Å². The van der Waals surface area contributed by atoms with Gasteiger partial charge in [0, 0.05) is 17.7 Å². The Labute approximate surface area is 182 Å². The number of fused-ring (bicyclic) bond motifs is 1. The fourth-order valence-electron chi connectivity index (χ4n) is 3.43. The number of benzene rings is 1. The molecule has 1 saturated heterocycles. The van der Waals surface area contributed by atoms with E-state index in [1.54, 1.807) is 13.0 Å². The zero-order chi connectivity index (χ0) is 23.6. The summed E-state index contributed by atoms with van der Waals surface area (Å²) in [6, 6.07) is 2.08. The summed E-state index contributed by atoms with van der Waals surface area (Å²) in [5, 5.41) is 68.3. The van der Waals surface area contributed by atoms with Gasteiger partial charge in [-0.05, 0) is 13.3 Å². The Morgan fingerprint density at radius 2 is 1.81 bits per heavy atom. The molecular formula is C21H26O11. The molecule has 1 aromatic carbocycles. The molecule has 7 N–H and O–H groups in total. The fourth-order valence-corrected chi connectivity index (χ4v) is 3.43. The highest BCUT2D eigenvalue weighted by Crippen LogP contribution is 2.34. The number of hydrogen-bond donors (Lipinski definition) is 7. The molecule has 1 aliphatic rings. The lowest BCUT2D eigenvalue weighted by Crippen LogP contribution is -2.59. The second-order valence-electron chi connectivity index (χ2n) is 7.60. The standard InChI is InChI=1S/C21H26O11/c1-9(8-30-21-19(29)18(28)17(27)15(7-23)32-21)2-3-11-12(24)5-14(26)16-13(25)4-10(6-22)31-20(11)16/h2,4-5,15,17-19,21-24,26-29H,3,6-8H2,1H3/t15-,17-,18+,19-,21-/m1/s1. The van der Waals surface area contributed by atoms with Crippen molar-refractivity contribution < 1.29 is 49.6 Å². The highest BCUT2D eigenvalue weighted by Gasteiger charge is 2.43. The van der Waals surface area contributed by atoms with Gasteiger partial charge in [0.05, 0.1) is 13.2 Å². The first-order chi connectivity index (χ1) is 15.2. The van der Waals surface area contributed by atoms with Gasteiger partial charge in [-0.15, -0.1) is 0 Å². The van der Waals surface area contributed by atoms with Crippen LogP contribution in [0.4, 0.5) is 0 Å². The van der Waals surface area contributed by atoms with E-state index in [2.05, 4.69) is 0 Å². The quantitative estimate of drug-likeness (QED) is 0.254. The Hall–Kier alpha value is -2.51. The van der Waals surface area contributed by atoms with Gasteiger partial charge in [-0.1, -0.05) is 11.6 Å². The molecule has 3 rings (SSSR count). The molecule has 0 unspecified atom stereocenters. The molecule has 5 atom stereocenters. The summed E-state index contributed by atoms with van der Waals surface area (Å²) in [4.78, 5) is 12.2. The van der Waals surface area contributed by atoms with E-state index in [4.69, 9.17) is 13.9 Å². The number of ether oxygens (including phenoxy) is 2. The van der Waals surface area contributed by atoms with E-state index in [-0.39, 0.29) is 41.1 Å². The molecule has 0 saturated carbocycles. The second-order valence-corrected chi connectivity index (χ2v) is 7.60. The van der Waals surface area contributed by atoms with Crippen LogP contribution in [0.1, 0.15) is 18.2 Å². The zero-order valence-electron chi connectivity index (χ0n) is 17.2. The molecular weight excluding hydrogens is 428 g/mol. The zero-order valence-corrected chi connectivity index (χ0v) is 17.2. The molecule has 2 heterocycles. The summed E-state index contributed by atoms with van der Waals surface area (Å²) in [5.41, 5.74) is 0.194. The number of aromatic hydroxyl groups is 2. The lowest BCUT2D eigenvalue weighted by molar-refractivity contribution is -0.299. The van der Waals surface area contributed by atoms with Gasteiger partial charge in [0.25, 0.3) is 0 Å². The average molecular weight is 454 g/mol. The lowest BCUT2D eigenvalue weighted by atomic mass is 9.99. The molecule has 0 amide bonds. The van der Waals surface area contributed by atoms with Crippen LogP contribution in [0.3, 0.4) is 0 Å². The summed E-state index contributed by atoms with van der Waals surface area (Å²) < 4.78 is 16.2. The van der Waals surface area contributed by atoms with Crippen LogP contribution in [0.25, 0.3) is 11.0 Å². The van der Waals surface area contributed by atoms with Crippen LogP contribution < -0.4 is 5.43 Å². The minimum absolute atomic E-state index is 0.0274. The van der Waals surface area contributed by atoms with Crippen molar-refractivity contribution in [2.45, 2.75) is 50.7 Å². The normalized spacial score (nSPS) is 26.6. The van der Waals surface area contributed by atoms with Gasteiger partial charge in [0.1, 0.15) is 59.3 Å². The monoisotopic (exact) mass is 454 g/mol. The van der Waals surface area contributed by atoms with Crippen LogP contribution in [0.2, 0.25) is 0 Å². The summed E-state index contributed by atoms with van der Waals surface area (Å²) in [5.74, 6) is -0.793. The Balaban J connectivity index is 1.78. The van der Waals surface area contributed by atoms with Crippen molar-refractivity contribution in [3.8, 4) is 11.5 Å². The van der Waals surface area contributed by atoms with Crippen molar-refractivity contribution in [2.24, 2.45) is 0 Å². The Bertz CT molecular complexity index is 1040. The first-order valence-electron chi connectivity index (χ1n) is 9.87. The first-order valence-corrected chi connectivity index (χ1v) is 9.87. The van der Waals surface area contributed by atoms with Gasteiger partial charge in [-0.25, -0.2) is 0 Å². The number of aliphatic hydroxyl groups excluding tert-OH is 5. The van der Waals surface area contributed by atoms with Crippen LogP contribution in [-0.4, -0.2) is 79.7 Å². The van der Waals surface area contributed by atoms with E-state index < -0.39 is 55.1 Å². The third kappa shape index (κ3) is 4.79. The fraction of sp³-hybridized carbons (Fsp3) is 0.476. The minimum atomic E-state index is -1.56. The predicted octanol–water partition coefficient (Wildman–Crippen LogP) is -0.998. The maximum Gasteiger partial charge on any atom is 0.196 e. The van der Waals surface area contributed by atoms with Gasteiger partial charge in [-0.2, -0.15) is 0 Å². The molecule has 176 valence electrons. The molecule has 11 heteroatoms. The number of aliphatic hydroxyl groups is 5. The van der Waals surface area contributed by atoms with E-state index in [1.807, 2.05) is 0 Å². The van der Waals surface area contributed by atoms with Gasteiger partial charge >= 0.3 is 0 Å². The maximum absolute atomic E-state index is 12.2. The SMILES string of the molecule is CC(=CCc1c(O)cc(O)c2c(=O)cc(CO)oc12)CO[C@@H]1O[C@H](CO)[C@@H](O)[C@H](O)[C@H]1O. The summed E-state index contributed by atoms with van der Waals surface area (Å²) in [6.07, 6.45) is -5.24. The summed E-state index contributed by atoms with van der Waals surface area (Å²) >= 11 is 0. The molecule has 1 aromatic heterocycles. The highest BCUT2D eigenvalue weighted by molar-refractivity contribution is 5.88. The lowest BCUT2D eigenvalue weighted by Gasteiger charge is -2.39. The van der Waals surface area contributed by atoms with Gasteiger partial charge in [0.15, 0.2) is 11.7 Å². The van der Waals surface area contributed by atoms with Crippen molar-refractivity contribution in [3.05, 3.63) is 45.3 Å². The van der Waals surface area contributed by atoms with Crippen molar-refractivity contribution in [1.29, 1.82) is 0 Å². The van der Waals surface area contributed by atoms with Crippen molar-refractivity contribution in [3.63, 3.8) is 0 Å². The predicted molar refractivity (Wildman–Crippen MR) is 109 cm³/mol. The smallest absolute Gasteiger partial charge is 0.196 e. The van der Waals surface area contributed by atoms with E-state index in [0.717, 1.165) is 12.1 Å². The van der Waals surface area contributed by atoms with E-state index >= 15 is 0 Å². The molecule has 1 aliphatic heterocycles. The third-order valence-electron chi connectivity index (χ3n) is 5.25. The topological polar surface area (TPSA) is 190 Å². The number of rotatable bonds is 7. The van der Waals surface area contributed by atoms with Gasteiger partial charge in [0.2, 0.25) is 0 Å². The molecule has 0 bridgehead atoms. The minimum Gasteiger partial charge on any atom is -0.507 e. The number of hydrogen-bond acceptors (Lipinski definition) is 11. The van der Waals surface area contributed by atoms with Crippen LogP contribution >= 0.6 is 0 Å². The Morgan fingerprint density at radius 3 is 2.47 bits per heavy atom. The summed E-state index contributed by atoms with van der Waals surface area (Å²) in [6.45, 7) is 0.501. The second kappa shape index (κ2) is 9.96. The van der Waals surface area contributed by atoms with E-state index in [0.29, 0.717) is 5.57 Å². The van der Waals surface area contributed by atoms with Crippen LogP contribution in [0.15, 0.2) is 33.0 Å².